The van der Waals surface area contributed by atoms with Crippen molar-refractivity contribution in [1.29, 1.82) is 0 Å². The summed E-state index contributed by atoms with van der Waals surface area (Å²) < 4.78 is 0. The first kappa shape index (κ1) is 12.2. The Kier molecular flexibility index (Phi) is 5.37. The van der Waals surface area contributed by atoms with Crippen molar-refractivity contribution < 1.29 is 5.11 Å². The van der Waals surface area contributed by atoms with Gasteiger partial charge < -0.3 is 10.4 Å². The highest BCUT2D eigenvalue weighted by Gasteiger charge is 2.23. The van der Waals surface area contributed by atoms with Gasteiger partial charge in [-0.15, -0.1) is 0 Å². The molecular formula is C13H21NO. The second-order valence-electron chi connectivity index (χ2n) is 3.58. The first-order valence-corrected chi connectivity index (χ1v) is 5.81. The Labute approximate surface area is 92.3 Å². The van der Waals surface area contributed by atoms with E-state index in [1.54, 1.807) is 0 Å². The zero-order valence-electron chi connectivity index (χ0n) is 9.61. The monoisotopic (exact) mass is 207 g/mol. The molecule has 0 aromatic heterocycles. The third-order valence-electron chi connectivity index (χ3n) is 2.68. The molecule has 1 heterocycles. The van der Waals surface area contributed by atoms with Crippen molar-refractivity contribution in [3.05, 3.63) is 35.9 Å². The molecule has 84 valence electrons. The molecule has 15 heavy (non-hydrogen) atoms. The lowest BCUT2D eigenvalue weighted by molar-refractivity contribution is 0.118. The molecular weight excluding hydrogens is 186 g/mol. The number of β-amino-alcohol motifs (C(OH)–C–C–N with tert-alkyl or cyclic N) is 1. The molecule has 0 aliphatic carbocycles. The molecule has 1 aliphatic heterocycles. The molecule has 2 atom stereocenters. The van der Waals surface area contributed by atoms with Crippen molar-refractivity contribution in [2.45, 2.75) is 32.3 Å². The number of benzene rings is 1. The number of hydrogen-bond acceptors (Lipinski definition) is 2. The van der Waals surface area contributed by atoms with Gasteiger partial charge in [0.15, 0.2) is 0 Å². The zero-order chi connectivity index (χ0) is 11.1. The summed E-state index contributed by atoms with van der Waals surface area (Å²) in [5.74, 6) is 0.322. The van der Waals surface area contributed by atoms with Crippen molar-refractivity contribution in [3.8, 4) is 0 Å². The van der Waals surface area contributed by atoms with Crippen LogP contribution in [0, 0.1) is 0 Å². The number of rotatable bonds is 1. The zero-order valence-corrected chi connectivity index (χ0v) is 9.61. The van der Waals surface area contributed by atoms with E-state index >= 15 is 0 Å². The molecule has 0 amide bonds. The van der Waals surface area contributed by atoms with E-state index in [-0.39, 0.29) is 6.10 Å². The maximum absolute atomic E-state index is 9.76. The number of piperidine rings is 1. The topological polar surface area (TPSA) is 32.3 Å². The fourth-order valence-electron chi connectivity index (χ4n) is 1.93. The molecule has 2 heteroatoms. The molecule has 2 rings (SSSR count). The third-order valence-corrected chi connectivity index (χ3v) is 2.68. The molecule has 1 unspecified atom stereocenters. The molecule has 2 nitrogen and oxygen atoms in total. The van der Waals surface area contributed by atoms with E-state index in [9.17, 15) is 5.11 Å². The van der Waals surface area contributed by atoms with Crippen molar-refractivity contribution in [2.75, 3.05) is 13.1 Å². The van der Waals surface area contributed by atoms with Gasteiger partial charge in [-0.25, -0.2) is 0 Å². The molecule has 1 aliphatic rings. The Morgan fingerprint density at radius 2 is 1.87 bits per heavy atom. The van der Waals surface area contributed by atoms with E-state index in [1.807, 2.05) is 32.0 Å². The Morgan fingerprint density at radius 1 is 1.20 bits per heavy atom. The average molecular weight is 207 g/mol. The van der Waals surface area contributed by atoms with E-state index in [4.69, 9.17) is 0 Å². The number of hydrogen-bond donors (Lipinski definition) is 2. The molecule has 0 saturated carbocycles. The van der Waals surface area contributed by atoms with Crippen LogP contribution in [0.1, 0.15) is 31.7 Å². The number of aliphatic hydroxyl groups is 1. The molecule has 1 fully saturated rings. The smallest absolute Gasteiger partial charge is 0.0733 e. The van der Waals surface area contributed by atoms with Gasteiger partial charge in [0, 0.05) is 12.5 Å². The van der Waals surface area contributed by atoms with Gasteiger partial charge in [0.05, 0.1) is 6.10 Å². The van der Waals surface area contributed by atoms with Crippen molar-refractivity contribution >= 4 is 0 Å². The minimum absolute atomic E-state index is 0.226. The second-order valence-corrected chi connectivity index (χ2v) is 3.58. The van der Waals surface area contributed by atoms with Gasteiger partial charge in [-0.1, -0.05) is 44.2 Å². The lowest BCUT2D eigenvalue weighted by Gasteiger charge is -2.28. The van der Waals surface area contributed by atoms with Gasteiger partial charge in [-0.05, 0) is 18.5 Å². The second kappa shape index (κ2) is 6.59. The number of aliphatic hydroxyl groups excluding tert-OH is 1. The number of nitrogens with one attached hydrogen (secondary N) is 1. The molecule has 1 aromatic rings. The van der Waals surface area contributed by atoms with Crippen LogP contribution in [0.25, 0.3) is 0 Å². The largest absolute Gasteiger partial charge is 0.391 e. The Bertz CT molecular complexity index is 260. The van der Waals surface area contributed by atoms with Gasteiger partial charge in [0.25, 0.3) is 0 Å². The fourth-order valence-corrected chi connectivity index (χ4v) is 1.93. The van der Waals surface area contributed by atoms with Crippen LogP contribution in [-0.2, 0) is 0 Å². The van der Waals surface area contributed by atoms with Crippen LogP contribution in [0.3, 0.4) is 0 Å². The summed E-state index contributed by atoms with van der Waals surface area (Å²) in [6.07, 6.45) is 0.807. The van der Waals surface area contributed by atoms with Gasteiger partial charge >= 0.3 is 0 Å². The molecule has 0 bridgehead atoms. The maximum atomic E-state index is 9.76. The maximum Gasteiger partial charge on any atom is 0.0733 e. The molecule has 2 N–H and O–H groups in total. The van der Waals surface area contributed by atoms with Crippen LogP contribution in [0.15, 0.2) is 30.3 Å². The highest BCUT2D eigenvalue weighted by Crippen LogP contribution is 2.24. The summed E-state index contributed by atoms with van der Waals surface area (Å²) in [6.45, 7) is 5.73. The summed E-state index contributed by atoms with van der Waals surface area (Å²) in [5.41, 5.74) is 1.26. The summed E-state index contributed by atoms with van der Waals surface area (Å²) >= 11 is 0. The van der Waals surface area contributed by atoms with E-state index in [0.29, 0.717) is 5.92 Å². The van der Waals surface area contributed by atoms with E-state index in [1.165, 1.54) is 5.56 Å². The van der Waals surface area contributed by atoms with Gasteiger partial charge in [-0.2, -0.15) is 0 Å². The van der Waals surface area contributed by atoms with Crippen LogP contribution in [0.5, 0.6) is 0 Å². The van der Waals surface area contributed by atoms with Crippen LogP contribution < -0.4 is 5.32 Å². The Morgan fingerprint density at radius 3 is 2.47 bits per heavy atom. The molecule has 0 spiro atoms. The average Bonchev–Trinajstić information content (AvgIpc) is 2.33. The summed E-state index contributed by atoms with van der Waals surface area (Å²) in [7, 11) is 0. The summed E-state index contributed by atoms with van der Waals surface area (Å²) in [6, 6.07) is 10.3. The van der Waals surface area contributed by atoms with Gasteiger partial charge in [0.1, 0.15) is 0 Å². The highest BCUT2D eigenvalue weighted by atomic mass is 16.3. The van der Waals surface area contributed by atoms with E-state index in [2.05, 4.69) is 17.4 Å². The molecule has 0 radical (unpaired) electrons. The Hall–Kier alpha value is -0.860. The summed E-state index contributed by atoms with van der Waals surface area (Å²) in [4.78, 5) is 0. The highest BCUT2D eigenvalue weighted by molar-refractivity contribution is 5.21. The summed E-state index contributed by atoms with van der Waals surface area (Å²) in [5, 5.41) is 12.9. The Balaban J connectivity index is 0.000000531. The van der Waals surface area contributed by atoms with Crippen LogP contribution >= 0.6 is 0 Å². The quantitative estimate of drug-likeness (QED) is 0.739. The minimum Gasteiger partial charge on any atom is -0.391 e. The first-order chi connectivity index (χ1) is 7.38. The van der Waals surface area contributed by atoms with Crippen LogP contribution in [0.2, 0.25) is 0 Å². The standard InChI is InChI=1S/C11H15NO.C2H6/c13-11-8-12-7-6-10(11)9-4-2-1-3-5-9;1-2/h1-5,10-13H,6-8H2;1-2H3/t10?,11-;/m1./s1. The molecule has 1 aromatic carbocycles. The van der Waals surface area contributed by atoms with E-state index < -0.39 is 0 Å². The van der Waals surface area contributed by atoms with E-state index in [0.717, 1.165) is 19.5 Å². The first-order valence-electron chi connectivity index (χ1n) is 5.81. The van der Waals surface area contributed by atoms with Crippen molar-refractivity contribution in [1.82, 2.24) is 5.32 Å². The fraction of sp³-hybridized carbons (Fsp3) is 0.538. The molecule has 1 saturated heterocycles. The predicted molar refractivity (Wildman–Crippen MR) is 64.0 cm³/mol. The van der Waals surface area contributed by atoms with Crippen molar-refractivity contribution in [3.63, 3.8) is 0 Å². The van der Waals surface area contributed by atoms with Gasteiger partial charge in [-0.3, -0.25) is 0 Å². The van der Waals surface area contributed by atoms with Crippen LogP contribution in [0.4, 0.5) is 0 Å². The SMILES string of the molecule is CC.O[C@@H]1CNCCC1c1ccccc1. The predicted octanol–water partition coefficient (Wildman–Crippen LogP) is 2.15. The third kappa shape index (κ3) is 3.33. The lowest BCUT2D eigenvalue weighted by atomic mass is 9.88. The lowest BCUT2D eigenvalue weighted by Crippen LogP contribution is -2.39. The van der Waals surface area contributed by atoms with Gasteiger partial charge in [0.2, 0.25) is 0 Å². The minimum atomic E-state index is -0.226. The normalized spacial score (nSPS) is 25.3. The van der Waals surface area contributed by atoms with Crippen LogP contribution in [-0.4, -0.2) is 24.3 Å². The van der Waals surface area contributed by atoms with Crippen molar-refractivity contribution in [2.24, 2.45) is 0 Å².